The molecule has 2 atom stereocenters. The Balaban J connectivity index is 1.80. The van der Waals surface area contributed by atoms with E-state index in [1.807, 2.05) is 23.7 Å². The second kappa shape index (κ2) is 7.15. The molecule has 3 amide bonds. The topological polar surface area (TPSA) is 66.0 Å². The number of hydrogen-bond acceptors (Lipinski definition) is 3. The van der Waals surface area contributed by atoms with Crippen LogP contribution in [-0.4, -0.2) is 36.0 Å². The molecule has 1 aliphatic heterocycles. The second-order valence-corrected chi connectivity index (χ2v) is 7.09. The summed E-state index contributed by atoms with van der Waals surface area (Å²) in [5, 5.41) is 6.77. The molecule has 24 heavy (non-hydrogen) atoms. The van der Waals surface area contributed by atoms with E-state index in [0.717, 1.165) is 5.56 Å². The molecule has 1 aromatic carbocycles. The van der Waals surface area contributed by atoms with Gasteiger partial charge in [0.25, 0.3) is 5.91 Å². The fraction of sp³-hybridized carbons (Fsp3) is 0.333. The molecule has 0 spiro atoms. The number of nitrogens with zero attached hydrogens (tertiary/aromatic N) is 1. The van der Waals surface area contributed by atoms with Crippen molar-refractivity contribution >= 4 is 23.3 Å². The van der Waals surface area contributed by atoms with Crippen molar-refractivity contribution in [3.63, 3.8) is 0 Å². The fourth-order valence-electron chi connectivity index (χ4n) is 2.91. The Bertz CT molecular complexity index is 712. The van der Waals surface area contributed by atoms with Crippen molar-refractivity contribution in [2.45, 2.75) is 25.9 Å². The van der Waals surface area contributed by atoms with Gasteiger partial charge in [-0.3, -0.25) is 9.69 Å². The van der Waals surface area contributed by atoms with Crippen LogP contribution in [0.1, 0.15) is 29.0 Å². The van der Waals surface area contributed by atoms with E-state index in [9.17, 15) is 9.59 Å². The van der Waals surface area contributed by atoms with E-state index in [-0.39, 0.29) is 24.0 Å². The summed E-state index contributed by atoms with van der Waals surface area (Å²) in [7, 11) is 0. The Morgan fingerprint density at radius 2 is 2.04 bits per heavy atom. The van der Waals surface area contributed by atoms with E-state index < -0.39 is 0 Å². The van der Waals surface area contributed by atoms with Crippen LogP contribution in [0.25, 0.3) is 0 Å². The minimum absolute atomic E-state index is 0.0511. The first-order valence-corrected chi connectivity index (χ1v) is 8.98. The van der Waals surface area contributed by atoms with E-state index in [1.54, 1.807) is 11.3 Å². The summed E-state index contributed by atoms with van der Waals surface area (Å²) in [4.78, 5) is 26.8. The van der Waals surface area contributed by atoms with Gasteiger partial charge in [-0.1, -0.05) is 35.9 Å². The average Bonchev–Trinajstić information content (AvgIpc) is 3.24. The first-order chi connectivity index (χ1) is 11.6. The number of quaternary nitrogens is 1. The van der Waals surface area contributed by atoms with E-state index in [0.29, 0.717) is 13.1 Å². The molecule has 0 bridgehead atoms. The fourth-order valence-corrected chi connectivity index (χ4v) is 3.74. The Morgan fingerprint density at radius 3 is 2.62 bits per heavy atom. The molecule has 0 aliphatic carbocycles. The van der Waals surface area contributed by atoms with Gasteiger partial charge in [-0.25, -0.2) is 4.79 Å². The summed E-state index contributed by atoms with van der Waals surface area (Å²) < 4.78 is 0. The van der Waals surface area contributed by atoms with Crippen LogP contribution in [0.3, 0.4) is 0 Å². The van der Waals surface area contributed by atoms with Crippen LogP contribution in [0.5, 0.6) is 0 Å². The molecule has 0 radical (unpaired) electrons. The normalized spacial score (nSPS) is 16.8. The van der Waals surface area contributed by atoms with Gasteiger partial charge < -0.3 is 10.6 Å². The molecule has 0 unspecified atom stereocenters. The van der Waals surface area contributed by atoms with Crippen molar-refractivity contribution in [1.82, 2.24) is 10.2 Å². The molecular weight excluding hydrogens is 322 g/mol. The number of aryl methyl sites for hydroxylation is 1. The maximum atomic E-state index is 12.6. The van der Waals surface area contributed by atoms with Gasteiger partial charge in [0, 0.05) is 18.7 Å². The van der Waals surface area contributed by atoms with Gasteiger partial charge in [-0.15, -0.1) is 11.3 Å². The minimum atomic E-state index is -0.331. The van der Waals surface area contributed by atoms with Crippen molar-refractivity contribution in [2.75, 3.05) is 13.1 Å². The first-order valence-electron chi connectivity index (χ1n) is 8.10. The van der Waals surface area contributed by atoms with Crippen molar-refractivity contribution in [3.8, 4) is 0 Å². The largest absolute Gasteiger partial charge is 0.336 e. The third kappa shape index (κ3) is 3.49. The van der Waals surface area contributed by atoms with Crippen molar-refractivity contribution < 1.29 is 14.9 Å². The van der Waals surface area contributed by atoms with Gasteiger partial charge in [0.2, 0.25) is 0 Å². The summed E-state index contributed by atoms with van der Waals surface area (Å²) in [6, 6.07) is 11.9. The number of amides is 3. The molecule has 6 heteroatoms. The molecule has 126 valence electrons. The summed E-state index contributed by atoms with van der Waals surface area (Å²) in [6.45, 7) is 4.90. The Morgan fingerprint density at radius 1 is 1.29 bits per heavy atom. The number of hydrogen-bond donors (Lipinski definition) is 2. The number of rotatable bonds is 5. The highest BCUT2D eigenvalue weighted by atomic mass is 32.1. The zero-order valence-electron chi connectivity index (χ0n) is 13.9. The number of benzene rings is 1. The van der Waals surface area contributed by atoms with Gasteiger partial charge in [0.05, 0.1) is 4.88 Å². The summed E-state index contributed by atoms with van der Waals surface area (Å²) >= 11 is 1.68. The van der Waals surface area contributed by atoms with Crippen LogP contribution in [0.15, 0.2) is 41.8 Å². The molecule has 0 saturated carbocycles. The molecule has 3 rings (SSSR count). The molecule has 2 heterocycles. The predicted octanol–water partition coefficient (Wildman–Crippen LogP) is 1.65. The standard InChI is InChI=1S/C18H21N3O2S/c1-12-5-7-14(8-6-12)16(15-4-3-11-24-15)20-13(2)17(22)21-10-9-19-18(21)23/h3-8,11,13,16,20H,9-10H2,1-2H3,(H,19,23)/p+1/t13-,16-/m0/s1. The Kier molecular flexibility index (Phi) is 4.97. The Labute approximate surface area is 145 Å². The lowest BCUT2D eigenvalue weighted by Gasteiger charge is -2.22. The van der Waals surface area contributed by atoms with Crippen molar-refractivity contribution in [2.24, 2.45) is 0 Å². The monoisotopic (exact) mass is 344 g/mol. The van der Waals surface area contributed by atoms with Crippen LogP contribution >= 0.6 is 11.3 Å². The molecule has 5 nitrogen and oxygen atoms in total. The zero-order valence-corrected chi connectivity index (χ0v) is 14.7. The van der Waals surface area contributed by atoms with E-state index in [4.69, 9.17) is 0 Å². The number of carbonyl (C=O) groups excluding carboxylic acids is 2. The van der Waals surface area contributed by atoms with E-state index in [1.165, 1.54) is 15.3 Å². The lowest BCUT2D eigenvalue weighted by molar-refractivity contribution is -0.704. The summed E-state index contributed by atoms with van der Waals surface area (Å²) in [6.07, 6.45) is 0. The van der Waals surface area contributed by atoms with Gasteiger partial charge in [0.15, 0.2) is 6.04 Å². The third-order valence-electron chi connectivity index (χ3n) is 4.28. The summed E-state index contributed by atoms with van der Waals surface area (Å²) in [5.74, 6) is -0.140. The van der Waals surface area contributed by atoms with Gasteiger partial charge in [0.1, 0.15) is 6.04 Å². The van der Waals surface area contributed by atoms with Crippen LogP contribution in [0.2, 0.25) is 0 Å². The minimum Gasteiger partial charge on any atom is -0.336 e. The van der Waals surface area contributed by atoms with Gasteiger partial charge in [-0.05, 0) is 25.3 Å². The highest BCUT2D eigenvalue weighted by Crippen LogP contribution is 2.23. The average molecular weight is 344 g/mol. The third-order valence-corrected chi connectivity index (χ3v) is 5.24. The van der Waals surface area contributed by atoms with Crippen molar-refractivity contribution in [3.05, 3.63) is 57.8 Å². The SMILES string of the molecule is Cc1ccc([C@H]([NH2+][C@@H](C)C(=O)N2CCNC2=O)c2cccs2)cc1. The van der Waals surface area contributed by atoms with Gasteiger partial charge >= 0.3 is 6.03 Å². The maximum Gasteiger partial charge on any atom is 0.324 e. The first kappa shape index (κ1) is 16.7. The highest BCUT2D eigenvalue weighted by molar-refractivity contribution is 7.10. The van der Waals surface area contributed by atoms with E-state index >= 15 is 0 Å². The lowest BCUT2D eigenvalue weighted by atomic mass is 10.0. The Hall–Kier alpha value is -2.18. The highest BCUT2D eigenvalue weighted by Gasteiger charge is 2.33. The molecule has 1 aromatic heterocycles. The number of nitrogens with two attached hydrogens (primary N) is 1. The van der Waals surface area contributed by atoms with Crippen molar-refractivity contribution in [1.29, 1.82) is 0 Å². The van der Waals surface area contributed by atoms with Gasteiger partial charge in [-0.2, -0.15) is 0 Å². The molecular formula is C18H22N3O2S+. The smallest absolute Gasteiger partial charge is 0.324 e. The number of thiophene rings is 1. The quantitative estimate of drug-likeness (QED) is 0.866. The van der Waals surface area contributed by atoms with Crippen LogP contribution in [-0.2, 0) is 4.79 Å². The van der Waals surface area contributed by atoms with E-state index in [2.05, 4.69) is 42.6 Å². The number of imide groups is 1. The number of nitrogens with one attached hydrogen (secondary N) is 1. The molecule has 2 aromatic rings. The molecule has 1 aliphatic rings. The predicted molar refractivity (Wildman–Crippen MR) is 93.8 cm³/mol. The van der Waals surface area contributed by atoms with Crippen LogP contribution in [0, 0.1) is 6.92 Å². The van der Waals surface area contributed by atoms with Crippen LogP contribution in [0.4, 0.5) is 4.79 Å². The number of urea groups is 1. The molecule has 3 N–H and O–H groups in total. The molecule has 1 saturated heterocycles. The number of carbonyl (C=O) groups is 2. The zero-order chi connectivity index (χ0) is 17.1. The van der Waals surface area contributed by atoms with Crippen LogP contribution < -0.4 is 10.6 Å². The lowest BCUT2D eigenvalue weighted by Crippen LogP contribution is -2.92. The molecule has 1 fully saturated rings. The summed E-state index contributed by atoms with van der Waals surface area (Å²) in [5.41, 5.74) is 2.37. The second-order valence-electron chi connectivity index (χ2n) is 6.11. The maximum absolute atomic E-state index is 12.6.